The van der Waals surface area contributed by atoms with E-state index in [-0.39, 0.29) is 15.7 Å². The number of aromatic carboxylic acids is 1. The predicted molar refractivity (Wildman–Crippen MR) is 91.6 cm³/mol. The molecule has 2 N–H and O–H groups in total. The molecule has 0 fully saturated rings. The first-order chi connectivity index (χ1) is 12.4. The lowest BCUT2D eigenvalue weighted by molar-refractivity contribution is -0.131. The van der Waals surface area contributed by atoms with E-state index in [9.17, 15) is 14.7 Å². The summed E-state index contributed by atoms with van der Waals surface area (Å²) in [6.07, 6.45) is 1.35. The monoisotopic (exact) mass is 372 g/mol. The predicted octanol–water partition coefficient (Wildman–Crippen LogP) is 3.55. The zero-order chi connectivity index (χ0) is 18.7. The molecule has 9 heteroatoms. The maximum atomic E-state index is 11.4. The molecule has 0 radical (unpaired) electrons. The number of benzene rings is 1. The molecule has 132 valence electrons. The molecule has 3 aromatic rings. The smallest absolute Gasteiger partial charge is 0.342 e. The van der Waals surface area contributed by atoms with Crippen molar-refractivity contribution in [1.82, 2.24) is 10.2 Å². The average molecular weight is 372 g/mol. The molecule has 8 nitrogen and oxygen atoms in total. The molecule has 0 amide bonds. The summed E-state index contributed by atoms with van der Waals surface area (Å²) in [5.74, 6) is -1.03. The molecule has 0 aliphatic carbocycles. The first kappa shape index (κ1) is 17.5. The topological polar surface area (TPSA) is 127 Å². The van der Waals surface area contributed by atoms with Crippen LogP contribution >= 0.6 is 11.8 Å². The largest absolute Gasteiger partial charge is 0.478 e. The zero-order valence-corrected chi connectivity index (χ0v) is 14.2. The fraction of sp³-hybridized carbons (Fsp3) is 0.0588. The number of aryl methyl sites for hydroxylation is 1. The van der Waals surface area contributed by atoms with E-state index in [0.717, 1.165) is 11.8 Å². The van der Waals surface area contributed by atoms with E-state index in [1.54, 1.807) is 31.2 Å². The number of nitrogens with zero attached hydrogens (tertiary/aromatic N) is 2. The van der Waals surface area contributed by atoms with Crippen LogP contribution in [0.15, 0.2) is 55.4 Å². The van der Waals surface area contributed by atoms with Gasteiger partial charge >= 0.3 is 11.9 Å². The lowest BCUT2D eigenvalue weighted by atomic mass is 10.1. The van der Waals surface area contributed by atoms with Crippen LogP contribution in [0.4, 0.5) is 0 Å². The lowest BCUT2D eigenvalue weighted by Crippen LogP contribution is -1.96. The highest BCUT2D eigenvalue weighted by Crippen LogP contribution is 2.29. The van der Waals surface area contributed by atoms with Gasteiger partial charge in [0.05, 0.1) is 5.56 Å². The molecule has 3 rings (SSSR count). The highest BCUT2D eigenvalue weighted by atomic mass is 32.2. The number of carbonyl (C=O) groups is 2. The van der Waals surface area contributed by atoms with Crippen LogP contribution in [0.5, 0.6) is 0 Å². The summed E-state index contributed by atoms with van der Waals surface area (Å²) in [5.41, 5.74) is 0.839. The molecular weight excluding hydrogens is 360 g/mol. The number of aliphatic carboxylic acids is 1. The number of furan rings is 1. The molecule has 0 aliphatic rings. The number of aromatic nitrogens is 2. The van der Waals surface area contributed by atoms with Crippen molar-refractivity contribution in [2.75, 3.05) is 0 Å². The van der Waals surface area contributed by atoms with Gasteiger partial charge in [0.1, 0.15) is 16.4 Å². The van der Waals surface area contributed by atoms with Crippen molar-refractivity contribution in [3.63, 3.8) is 0 Å². The third kappa shape index (κ3) is 4.01. The molecule has 2 heterocycles. The number of hydrogen-bond acceptors (Lipinski definition) is 7. The summed E-state index contributed by atoms with van der Waals surface area (Å²) >= 11 is 0.819. The second kappa shape index (κ2) is 7.28. The van der Waals surface area contributed by atoms with E-state index in [1.165, 1.54) is 18.2 Å². The van der Waals surface area contributed by atoms with Gasteiger partial charge in [-0.25, -0.2) is 9.59 Å². The maximum absolute atomic E-state index is 11.4. The number of carboxylic acid groups (broad SMARTS) is 2. The third-order valence-electron chi connectivity index (χ3n) is 3.23. The second-order valence-electron chi connectivity index (χ2n) is 5.09. The number of thioether (sulfide) groups is 1. The minimum Gasteiger partial charge on any atom is -0.478 e. The van der Waals surface area contributed by atoms with Gasteiger partial charge in [-0.15, -0.1) is 10.2 Å². The van der Waals surface area contributed by atoms with Crippen LogP contribution in [0, 0.1) is 6.92 Å². The van der Waals surface area contributed by atoms with Gasteiger partial charge in [0.25, 0.3) is 5.22 Å². The first-order valence-corrected chi connectivity index (χ1v) is 8.10. The molecule has 26 heavy (non-hydrogen) atoms. The minimum atomic E-state index is -1.16. The Morgan fingerprint density at radius 3 is 2.35 bits per heavy atom. The Labute approximate surface area is 151 Å². The van der Waals surface area contributed by atoms with Crippen molar-refractivity contribution in [2.24, 2.45) is 0 Å². The van der Waals surface area contributed by atoms with Crippen molar-refractivity contribution in [2.45, 2.75) is 12.1 Å². The summed E-state index contributed by atoms with van der Waals surface area (Å²) in [6, 6.07) is 9.44. The van der Waals surface area contributed by atoms with E-state index in [0.29, 0.717) is 23.0 Å². The van der Waals surface area contributed by atoms with Crippen LogP contribution in [-0.2, 0) is 4.79 Å². The van der Waals surface area contributed by atoms with E-state index in [1.807, 2.05) is 0 Å². The summed E-state index contributed by atoms with van der Waals surface area (Å²) in [5, 5.41) is 25.8. The second-order valence-corrected chi connectivity index (χ2v) is 6.08. The lowest BCUT2D eigenvalue weighted by Gasteiger charge is -1.99. The Kier molecular flexibility index (Phi) is 4.90. The first-order valence-electron chi connectivity index (χ1n) is 7.29. The van der Waals surface area contributed by atoms with Crippen molar-refractivity contribution < 1.29 is 28.6 Å². The summed E-state index contributed by atoms with van der Waals surface area (Å²) in [6.45, 7) is 1.61. The number of carboxylic acids is 2. The van der Waals surface area contributed by atoms with Crippen LogP contribution in [0.3, 0.4) is 0 Å². The molecule has 0 spiro atoms. The average Bonchev–Trinajstić information content (AvgIpc) is 3.23. The molecule has 0 saturated carbocycles. The molecule has 0 saturated heterocycles. The molecule has 0 bridgehead atoms. The number of rotatable bonds is 6. The SMILES string of the molecule is Cc1nnc(S/C(=C/c2ccc(-c3ccc(C(=O)O)cc3)o2)C(=O)O)o1. The van der Waals surface area contributed by atoms with Gasteiger partial charge in [-0.1, -0.05) is 12.1 Å². The Morgan fingerprint density at radius 1 is 1.04 bits per heavy atom. The Balaban J connectivity index is 1.83. The van der Waals surface area contributed by atoms with Crippen molar-refractivity contribution >= 4 is 29.8 Å². The number of hydrogen-bond donors (Lipinski definition) is 2. The molecule has 2 aromatic heterocycles. The highest BCUT2D eigenvalue weighted by molar-refractivity contribution is 8.03. The zero-order valence-electron chi connectivity index (χ0n) is 13.4. The van der Waals surface area contributed by atoms with E-state index in [4.69, 9.17) is 13.9 Å². The minimum absolute atomic E-state index is 0.0456. The highest BCUT2D eigenvalue weighted by Gasteiger charge is 2.15. The van der Waals surface area contributed by atoms with Crippen molar-refractivity contribution in [3.8, 4) is 11.3 Å². The molecular formula is C17H12N2O6S. The van der Waals surface area contributed by atoms with Crippen LogP contribution < -0.4 is 0 Å². The van der Waals surface area contributed by atoms with Gasteiger partial charge in [-0.05, 0) is 36.0 Å². The maximum Gasteiger partial charge on any atom is 0.342 e. The third-order valence-corrected chi connectivity index (χ3v) is 4.08. The van der Waals surface area contributed by atoms with Crippen molar-refractivity contribution in [3.05, 3.63) is 58.5 Å². The fourth-order valence-corrected chi connectivity index (χ4v) is 2.73. The fourth-order valence-electron chi connectivity index (χ4n) is 2.04. The van der Waals surface area contributed by atoms with Gasteiger partial charge < -0.3 is 19.0 Å². The summed E-state index contributed by atoms with van der Waals surface area (Å²) in [7, 11) is 0. The van der Waals surface area contributed by atoms with Gasteiger partial charge in [0.15, 0.2) is 0 Å². The Bertz CT molecular complexity index is 987. The normalized spacial score (nSPS) is 11.5. The van der Waals surface area contributed by atoms with Crippen LogP contribution in [0.2, 0.25) is 0 Å². The van der Waals surface area contributed by atoms with E-state index in [2.05, 4.69) is 10.2 Å². The van der Waals surface area contributed by atoms with Crippen LogP contribution in [0.1, 0.15) is 22.0 Å². The van der Waals surface area contributed by atoms with E-state index < -0.39 is 11.9 Å². The van der Waals surface area contributed by atoms with Gasteiger partial charge in [-0.2, -0.15) is 0 Å². The Hall–Kier alpha value is -3.33. The molecule has 0 unspecified atom stereocenters. The molecule has 0 atom stereocenters. The van der Waals surface area contributed by atoms with Crippen LogP contribution in [0.25, 0.3) is 17.4 Å². The van der Waals surface area contributed by atoms with Gasteiger partial charge in [-0.3, -0.25) is 0 Å². The van der Waals surface area contributed by atoms with Gasteiger partial charge in [0, 0.05) is 18.6 Å². The van der Waals surface area contributed by atoms with Crippen molar-refractivity contribution in [1.29, 1.82) is 0 Å². The quantitative estimate of drug-likeness (QED) is 0.493. The van der Waals surface area contributed by atoms with Crippen LogP contribution in [-0.4, -0.2) is 32.3 Å². The van der Waals surface area contributed by atoms with Gasteiger partial charge in [0.2, 0.25) is 5.89 Å². The summed E-state index contributed by atoms with van der Waals surface area (Å²) < 4.78 is 10.8. The Morgan fingerprint density at radius 2 is 1.77 bits per heavy atom. The standard InChI is InChI=1S/C17H12N2O6S/c1-9-18-19-17(24-9)26-14(16(22)23)8-12-6-7-13(25-12)10-2-4-11(5-3-10)15(20)21/h2-8H,1H3,(H,20,21)(H,22,23)/b14-8+. The molecule has 0 aliphatic heterocycles. The van der Waals surface area contributed by atoms with E-state index >= 15 is 0 Å². The summed E-state index contributed by atoms with van der Waals surface area (Å²) in [4.78, 5) is 22.3. The molecule has 1 aromatic carbocycles.